The molecule has 1 aliphatic rings. The van der Waals surface area contributed by atoms with Crippen molar-refractivity contribution in [1.82, 2.24) is 15.3 Å². The van der Waals surface area contributed by atoms with Crippen molar-refractivity contribution in [3.05, 3.63) is 52.2 Å². The minimum Gasteiger partial charge on any atom is -0.495 e. The second kappa shape index (κ2) is 8.03. The average molecular weight is 370 g/mol. The molecule has 2 heterocycles. The van der Waals surface area contributed by atoms with E-state index >= 15 is 0 Å². The molecule has 1 atom stereocenters. The summed E-state index contributed by atoms with van der Waals surface area (Å²) in [5.74, 6) is 0.409. The molecule has 0 bridgehead atoms. The summed E-state index contributed by atoms with van der Waals surface area (Å²) in [7, 11) is 1.55. The SMILES string of the molecule is COc1ccccc1N1C[C@@H](C(=O)NCCc2nc(C)cc(=O)[nH]2)CC1=O. The molecule has 0 radical (unpaired) electrons. The molecule has 0 saturated carbocycles. The van der Waals surface area contributed by atoms with E-state index in [1.165, 1.54) is 6.07 Å². The van der Waals surface area contributed by atoms with Crippen molar-refractivity contribution < 1.29 is 14.3 Å². The first-order chi connectivity index (χ1) is 13.0. The monoisotopic (exact) mass is 370 g/mol. The van der Waals surface area contributed by atoms with Crippen LogP contribution < -0.4 is 20.5 Å². The number of amides is 2. The summed E-state index contributed by atoms with van der Waals surface area (Å²) in [5.41, 5.74) is 1.09. The number of carbonyl (C=O) groups excluding carboxylic acids is 2. The van der Waals surface area contributed by atoms with Gasteiger partial charge < -0.3 is 19.9 Å². The lowest BCUT2D eigenvalue weighted by Crippen LogP contribution is -2.34. The molecule has 8 nitrogen and oxygen atoms in total. The number of hydrogen-bond donors (Lipinski definition) is 2. The maximum absolute atomic E-state index is 12.4. The number of aryl methyl sites for hydroxylation is 1. The maximum atomic E-state index is 12.4. The quantitative estimate of drug-likeness (QED) is 0.783. The predicted molar refractivity (Wildman–Crippen MR) is 99.8 cm³/mol. The number of carbonyl (C=O) groups is 2. The Morgan fingerprint density at radius 1 is 1.37 bits per heavy atom. The summed E-state index contributed by atoms with van der Waals surface area (Å²) < 4.78 is 5.30. The molecule has 0 unspecified atom stereocenters. The zero-order valence-corrected chi connectivity index (χ0v) is 15.3. The molecule has 1 fully saturated rings. The van der Waals surface area contributed by atoms with Crippen LogP contribution in [0.2, 0.25) is 0 Å². The van der Waals surface area contributed by atoms with Crippen molar-refractivity contribution in [3.8, 4) is 5.75 Å². The van der Waals surface area contributed by atoms with Crippen LogP contribution in [0.3, 0.4) is 0 Å². The van der Waals surface area contributed by atoms with E-state index in [4.69, 9.17) is 4.74 Å². The third-order valence-corrected chi connectivity index (χ3v) is 4.45. The fourth-order valence-corrected chi connectivity index (χ4v) is 3.18. The summed E-state index contributed by atoms with van der Waals surface area (Å²) in [4.78, 5) is 44.7. The highest BCUT2D eigenvalue weighted by molar-refractivity contribution is 6.01. The van der Waals surface area contributed by atoms with Crippen molar-refractivity contribution in [2.24, 2.45) is 5.92 Å². The van der Waals surface area contributed by atoms with Crippen LogP contribution >= 0.6 is 0 Å². The second-order valence-corrected chi connectivity index (χ2v) is 6.45. The zero-order valence-electron chi connectivity index (χ0n) is 15.3. The first kappa shape index (κ1) is 18.6. The van der Waals surface area contributed by atoms with Crippen LogP contribution in [-0.2, 0) is 16.0 Å². The van der Waals surface area contributed by atoms with E-state index in [0.29, 0.717) is 42.5 Å². The number of para-hydroxylation sites is 2. The molecule has 2 N–H and O–H groups in total. The molecule has 0 spiro atoms. The highest BCUT2D eigenvalue weighted by Gasteiger charge is 2.36. The van der Waals surface area contributed by atoms with Gasteiger partial charge in [0, 0.05) is 37.7 Å². The predicted octanol–water partition coefficient (Wildman–Crippen LogP) is 0.799. The Kier molecular flexibility index (Phi) is 5.54. The van der Waals surface area contributed by atoms with Crippen LogP contribution in [0, 0.1) is 12.8 Å². The van der Waals surface area contributed by atoms with Gasteiger partial charge in [0.2, 0.25) is 11.8 Å². The molecule has 8 heteroatoms. The van der Waals surface area contributed by atoms with Gasteiger partial charge in [-0.2, -0.15) is 0 Å². The van der Waals surface area contributed by atoms with E-state index in [0.717, 1.165) is 0 Å². The van der Waals surface area contributed by atoms with Crippen molar-refractivity contribution in [2.45, 2.75) is 19.8 Å². The minimum atomic E-state index is -0.424. The number of rotatable bonds is 6. The van der Waals surface area contributed by atoms with Gasteiger partial charge in [0.15, 0.2) is 0 Å². The van der Waals surface area contributed by atoms with Crippen molar-refractivity contribution in [1.29, 1.82) is 0 Å². The highest BCUT2D eigenvalue weighted by Crippen LogP contribution is 2.32. The number of benzene rings is 1. The Balaban J connectivity index is 1.58. The van der Waals surface area contributed by atoms with Crippen molar-refractivity contribution in [3.63, 3.8) is 0 Å². The summed E-state index contributed by atoms with van der Waals surface area (Å²) in [6, 6.07) is 8.66. The average Bonchev–Trinajstić information content (AvgIpc) is 3.02. The van der Waals surface area contributed by atoms with Gasteiger partial charge >= 0.3 is 0 Å². The van der Waals surface area contributed by atoms with Gasteiger partial charge in [-0.25, -0.2) is 4.98 Å². The molecule has 142 valence electrons. The molecule has 3 rings (SSSR count). The van der Waals surface area contributed by atoms with E-state index in [-0.39, 0.29) is 23.8 Å². The van der Waals surface area contributed by atoms with Crippen LogP contribution in [0.15, 0.2) is 35.1 Å². The number of aromatic nitrogens is 2. The Morgan fingerprint density at radius 2 is 2.15 bits per heavy atom. The summed E-state index contributed by atoms with van der Waals surface area (Å²) >= 11 is 0. The van der Waals surface area contributed by atoms with Crippen molar-refractivity contribution >= 4 is 17.5 Å². The Hall–Kier alpha value is -3.16. The molecule has 2 aromatic rings. The number of nitrogens with one attached hydrogen (secondary N) is 2. The van der Waals surface area contributed by atoms with E-state index in [1.54, 1.807) is 31.1 Å². The number of aromatic amines is 1. The third kappa shape index (κ3) is 4.33. The summed E-state index contributed by atoms with van der Waals surface area (Å²) in [6.45, 7) is 2.39. The van der Waals surface area contributed by atoms with Gasteiger partial charge in [-0.05, 0) is 19.1 Å². The molecule has 2 amide bonds. The van der Waals surface area contributed by atoms with E-state index < -0.39 is 5.92 Å². The maximum Gasteiger partial charge on any atom is 0.251 e. The first-order valence-corrected chi connectivity index (χ1v) is 8.76. The Morgan fingerprint density at radius 3 is 2.89 bits per heavy atom. The fourth-order valence-electron chi connectivity index (χ4n) is 3.18. The number of hydrogen-bond acceptors (Lipinski definition) is 5. The van der Waals surface area contributed by atoms with Gasteiger partial charge in [-0.15, -0.1) is 0 Å². The number of anilines is 1. The molecule has 1 aromatic carbocycles. The normalized spacial score (nSPS) is 16.4. The molecular formula is C19H22N4O4. The van der Waals surface area contributed by atoms with Crippen LogP contribution in [0.5, 0.6) is 5.75 Å². The van der Waals surface area contributed by atoms with Crippen LogP contribution in [0.1, 0.15) is 17.9 Å². The molecule has 0 aliphatic carbocycles. The van der Waals surface area contributed by atoms with E-state index in [1.807, 2.05) is 12.1 Å². The molecule has 1 aromatic heterocycles. The first-order valence-electron chi connectivity index (χ1n) is 8.76. The van der Waals surface area contributed by atoms with Crippen LogP contribution in [0.25, 0.3) is 0 Å². The topological polar surface area (TPSA) is 104 Å². The van der Waals surface area contributed by atoms with Gasteiger partial charge in [0.1, 0.15) is 11.6 Å². The number of methoxy groups -OCH3 is 1. The number of H-pyrrole nitrogens is 1. The van der Waals surface area contributed by atoms with Crippen LogP contribution in [-0.4, -0.2) is 42.0 Å². The summed E-state index contributed by atoms with van der Waals surface area (Å²) in [5, 5.41) is 2.82. The lowest BCUT2D eigenvalue weighted by molar-refractivity contribution is -0.126. The zero-order chi connectivity index (χ0) is 19.4. The van der Waals surface area contributed by atoms with Crippen molar-refractivity contribution in [2.75, 3.05) is 25.1 Å². The summed E-state index contributed by atoms with van der Waals surface area (Å²) in [6.07, 6.45) is 0.572. The minimum absolute atomic E-state index is 0.107. The lowest BCUT2D eigenvalue weighted by atomic mass is 10.1. The van der Waals surface area contributed by atoms with Gasteiger partial charge in [-0.1, -0.05) is 12.1 Å². The molecule has 1 saturated heterocycles. The highest BCUT2D eigenvalue weighted by atomic mass is 16.5. The molecule has 1 aliphatic heterocycles. The largest absolute Gasteiger partial charge is 0.495 e. The number of ether oxygens (including phenoxy) is 1. The standard InChI is InChI=1S/C19H22N4O4/c1-12-9-17(24)22-16(21-12)7-8-20-19(26)13-10-18(25)23(11-13)14-5-3-4-6-15(14)27-2/h3-6,9,13H,7-8,10-11H2,1-2H3,(H,20,26)(H,21,22,24)/t13-/m0/s1. The number of nitrogens with zero attached hydrogens (tertiary/aromatic N) is 2. The van der Waals surface area contributed by atoms with Gasteiger partial charge in [-0.3, -0.25) is 14.4 Å². The smallest absolute Gasteiger partial charge is 0.251 e. The molecule has 27 heavy (non-hydrogen) atoms. The molecular weight excluding hydrogens is 348 g/mol. The van der Waals surface area contributed by atoms with E-state index in [9.17, 15) is 14.4 Å². The van der Waals surface area contributed by atoms with E-state index in [2.05, 4.69) is 15.3 Å². The Bertz CT molecular complexity index is 909. The lowest BCUT2D eigenvalue weighted by Gasteiger charge is -2.19. The van der Waals surface area contributed by atoms with Gasteiger partial charge in [0.05, 0.1) is 18.7 Å². The fraction of sp³-hybridized carbons (Fsp3) is 0.368. The van der Waals surface area contributed by atoms with Gasteiger partial charge in [0.25, 0.3) is 5.56 Å². The second-order valence-electron chi connectivity index (χ2n) is 6.45. The third-order valence-electron chi connectivity index (χ3n) is 4.45. The Labute approximate surface area is 156 Å². The van der Waals surface area contributed by atoms with Crippen LogP contribution in [0.4, 0.5) is 5.69 Å².